The van der Waals surface area contributed by atoms with E-state index in [2.05, 4.69) is 15.6 Å². The van der Waals surface area contributed by atoms with Gasteiger partial charge in [-0.05, 0) is 6.07 Å². The van der Waals surface area contributed by atoms with Crippen molar-refractivity contribution >= 4 is 23.2 Å². The van der Waals surface area contributed by atoms with Crippen LogP contribution in [0.4, 0.5) is 5.69 Å². The van der Waals surface area contributed by atoms with Gasteiger partial charge >= 0.3 is 0 Å². The Morgan fingerprint density at radius 1 is 1.50 bits per heavy atom. The fraction of sp³-hybridized carbons (Fsp3) is 0.143. The van der Waals surface area contributed by atoms with Crippen molar-refractivity contribution < 1.29 is 4.79 Å². The lowest BCUT2D eigenvalue weighted by Crippen LogP contribution is -2.34. The minimum atomic E-state index is -0.118. The number of amides is 1. The maximum absolute atomic E-state index is 11.2. The second-order valence-corrected chi connectivity index (χ2v) is 2.74. The molecule has 1 aliphatic heterocycles. The molecule has 12 heavy (non-hydrogen) atoms. The van der Waals surface area contributed by atoms with Gasteiger partial charge in [-0.15, -0.1) is 0 Å². The molecule has 1 aliphatic rings. The molecular weight excluding hydrogens is 178 g/mol. The number of carbonyl (C=O) groups is 1. The molecule has 0 unspecified atom stereocenters. The summed E-state index contributed by atoms with van der Waals surface area (Å²) in [6, 6.07) is 1.63. The van der Waals surface area contributed by atoms with Crippen LogP contribution in [0.25, 0.3) is 0 Å². The minimum absolute atomic E-state index is 0.118. The van der Waals surface area contributed by atoms with Crippen LogP contribution in [0.15, 0.2) is 12.3 Å². The van der Waals surface area contributed by atoms with Gasteiger partial charge in [0.25, 0.3) is 5.91 Å². The number of hydrogen-bond acceptors (Lipinski definition) is 3. The number of anilines is 1. The van der Waals surface area contributed by atoms with Gasteiger partial charge in [-0.25, -0.2) is 4.98 Å². The summed E-state index contributed by atoms with van der Waals surface area (Å²) in [5.74, 6) is -0.118. The van der Waals surface area contributed by atoms with Crippen molar-refractivity contribution in [2.45, 2.75) is 0 Å². The number of carbonyl (C=O) groups excluding carboxylic acids is 1. The number of nitrogens with one attached hydrogen (secondary N) is 2. The first kappa shape index (κ1) is 7.36. The summed E-state index contributed by atoms with van der Waals surface area (Å²) in [7, 11) is 0. The predicted molar refractivity (Wildman–Crippen MR) is 45.2 cm³/mol. The van der Waals surface area contributed by atoms with Gasteiger partial charge in [0, 0.05) is 6.20 Å². The lowest BCUT2D eigenvalue weighted by atomic mass is 10.2. The number of halogens is 1. The number of pyridine rings is 1. The number of hydrogen-bond donors (Lipinski definition) is 2. The largest absolute Gasteiger partial charge is 0.365 e. The number of aromatic nitrogens is 1. The Morgan fingerprint density at radius 3 is 3.08 bits per heavy atom. The average Bonchev–Trinajstić information content (AvgIpc) is 2.07. The van der Waals surface area contributed by atoms with E-state index in [-0.39, 0.29) is 5.91 Å². The van der Waals surface area contributed by atoms with E-state index in [0.717, 1.165) is 0 Å². The molecule has 0 aliphatic carbocycles. The molecule has 2 rings (SSSR count). The Kier molecular flexibility index (Phi) is 1.62. The molecule has 0 atom stereocenters. The predicted octanol–water partition coefficient (Wildman–Crippen LogP) is 0.848. The van der Waals surface area contributed by atoms with Gasteiger partial charge in [-0.2, -0.15) is 0 Å². The monoisotopic (exact) mass is 183 g/mol. The molecule has 0 radical (unpaired) electrons. The van der Waals surface area contributed by atoms with Crippen molar-refractivity contribution in [3.63, 3.8) is 0 Å². The van der Waals surface area contributed by atoms with Gasteiger partial charge in [-0.3, -0.25) is 4.79 Å². The third-order valence-corrected chi connectivity index (χ3v) is 1.95. The van der Waals surface area contributed by atoms with Gasteiger partial charge in [0.05, 0.1) is 17.9 Å². The number of rotatable bonds is 0. The topological polar surface area (TPSA) is 54.0 Å². The van der Waals surface area contributed by atoms with Crippen molar-refractivity contribution in [2.75, 3.05) is 12.0 Å². The summed E-state index contributed by atoms with van der Waals surface area (Å²) in [5.41, 5.74) is 1.16. The van der Waals surface area contributed by atoms with E-state index < -0.39 is 0 Å². The van der Waals surface area contributed by atoms with E-state index in [1.807, 2.05) is 0 Å². The summed E-state index contributed by atoms with van der Waals surface area (Å²) in [4.78, 5) is 15.1. The molecule has 0 bridgehead atoms. The van der Waals surface area contributed by atoms with Crippen molar-refractivity contribution in [2.24, 2.45) is 0 Å². The van der Waals surface area contributed by atoms with Gasteiger partial charge in [-0.1, -0.05) is 11.6 Å². The lowest BCUT2D eigenvalue weighted by Gasteiger charge is -2.18. The van der Waals surface area contributed by atoms with Crippen LogP contribution in [0.1, 0.15) is 10.4 Å². The van der Waals surface area contributed by atoms with Crippen LogP contribution in [-0.2, 0) is 0 Å². The first-order chi connectivity index (χ1) is 5.79. The smallest absolute Gasteiger partial charge is 0.254 e. The lowest BCUT2D eigenvalue weighted by molar-refractivity contribution is 0.0952. The molecule has 2 heterocycles. The van der Waals surface area contributed by atoms with E-state index in [1.54, 1.807) is 6.07 Å². The highest BCUT2D eigenvalue weighted by molar-refractivity contribution is 6.33. The van der Waals surface area contributed by atoms with Crippen molar-refractivity contribution in [3.05, 3.63) is 23.0 Å². The highest BCUT2D eigenvalue weighted by Crippen LogP contribution is 2.24. The molecule has 0 spiro atoms. The van der Waals surface area contributed by atoms with Crippen LogP contribution in [0, 0.1) is 0 Å². The summed E-state index contributed by atoms with van der Waals surface area (Å²) in [5, 5.41) is 5.90. The molecule has 0 aromatic carbocycles. The van der Waals surface area contributed by atoms with E-state index in [4.69, 9.17) is 11.6 Å². The average molecular weight is 184 g/mol. The summed E-state index contributed by atoms with van der Waals surface area (Å²) in [6.45, 7) is 0.400. The fourth-order valence-corrected chi connectivity index (χ4v) is 1.33. The zero-order valence-corrected chi connectivity index (χ0v) is 6.85. The van der Waals surface area contributed by atoms with Gasteiger partial charge in [0.1, 0.15) is 0 Å². The number of nitrogens with zero attached hydrogens (tertiary/aromatic N) is 1. The van der Waals surface area contributed by atoms with Crippen LogP contribution < -0.4 is 10.6 Å². The highest BCUT2D eigenvalue weighted by atomic mass is 35.5. The molecule has 5 heteroatoms. The first-order valence-electron chi connectivity index (χ1n) is 3.45. The van der Waals surface area contributed by atoms with Crippen molar-refractivity contribution in [1.82, 2.24) is 10.3 Å². The second kappa shape index (κ2) is 2.64. The normalized spacial score (nSPS) is 14.6. The van der Waals surface area contributed by atoms with Crippen LogP contribution in [0.2, 0.25) is 5.15 Å². The van der Waals surface area contributed by atoms with E-state index in [0.29, 0.717) is 23.1 Å². The van der Waals surface area contributed by atoms with Crippen molar-refractivity contribution in [3.8, 4) is 0 Å². The first-order valence-corrected chi connectivity index (χ1v) is 3.83. The molecular formula is C7H6ClN3O. The van der Waals surface area contributed by atoms with Crippen LogP contribution in [-0.4, -0.2) is 17.6 Å². The van der Waals surface area contributed by atoms with Crippen LogP contribution >= 0.6 is 11.6 Å². The van der Waals surface area contributed by atoms with E-state index in [9.17, 15) is 4.79 Å². The Bertz CT molecular complexity index is 339. The molecule has 62 valence electrons. The van der Waals surface area contributed by atoms with E-state index in [1.165, 1.54) is 6.20 Å². The SMILES string of the molecule is O=C1NCNc2c1ccnc2Cl. The third-order valence-electron chi connectivity index (χ3n) is 1.66. The Labute approximate surface area is 73.9 Å². The van der Waals surface area contributed by atoms with Gasteiger partial charge in [0.2, 0.25) is 0 Å². The molecule has 1 aromatic heterocycles. The Balaban J connectivity index is 2.59. The summed E-state index contributed by atoms with van der Waals surface area (Å²) < 4.78 is 0. The standard InChI is InChI=1S/C7H6ClN3O/c8-6-5-4(1-2-9-6)7(12)11-3-10-5/h1-2,10H,3H2,(H,11,12). The van der Waals surface area contributed by atoms with Gasteiger partial charge in [0.15, 0.2) is 5.15 Å². The maximum atomic E-state index is 11.2. The zero-order valence-electron chi connectivity index (χ0n) is 6.10. The third kappa shape index (κ3) is 1.00. The van der Waals surface area contributed by atoms with Gasteiger partial charge < -0.3 is 10.6 Å². The number of fused-ring (bicyclic) bond motifs is 1. The Morgan fingerprint density at radius 2 is 2.33 bits per heavy atom. The molecule has 4 nitrogen and oxygen atoms in total. The Hall–Kier alpha value is -1.29. The zero-order chi connectivity index (χ0) is 8.55. The molecule has 1 amide bonds. The molecule has 0 saturated carbocycles. The molecule has 0 fully saturated rings. The minimum Gasteiger partial charge on any atom is -0.365 e. The highest BCUT2D eigenvalue weighted by Gasteiger charge is 2.18. The fourth-order valence-electron chi connectivity index (χ4n) is 1.10. The summed E-state index contributed by atoms with van der Waals surface area (Å²) in [6.07, 6.45) is 1.51. The van der Waals surface area contributed by atoms with E-state index >= 15 is 0 Å². The van der Waals surface area contributed by atoms with Crippen LogP contribution in [0.3, 0.4) is 0 Å². The quantitative estimate of drug-likeness (QED) is 0.587. The molecule has 2 N–H and O–H groups in total. The maximum Gasteiger partial charge on any atom is 0.254 e. The second-order valence-electron chi connectivity index (χ2n) is 2.38. The van der Waals surface area contributed by atoms with Crippen LogP contribution in [0.5, 0.6) is 0 Å². The molecule has 0 saturated heterocycles. The summed E-state index contributed by atoms with van der Waals surface area (Å²) >= 11 is 5.75. The van der Waals surface area contributed by atoms with Crippen molar-refractivity contribution in [1.29, 1.82) is 0 Å². The molecule has 1 aromatic rings.